The van der Waals surface area contributed by atoms with Gasteiger partial charge in [-0.3, -0.25) is 5.10 Å². The minimum atomic E-state index is 0. The van der Waals surface area contributed by atoms with Crippen molar-refractivity contribution in [2.45, 2.75) is 0 Å². The van der Waals surface area contributed by atoms with Crippen LogP contribution in [0, 0.1) is 11.1 Å². The summed E-state index contributed by atoms with van der Waals surface area (Å²) in [7, 11) is 1.78. The van der Waals surface area contributed by atoms with Crippen molar-refractivity contribution >= 4 is 12.2 Å². The van der Waals surface area contributed by atoms with Gasteiger partial charge in [-0.2, -0.15) is 12.2 Å². The van der Waals surface area contributed by atoms with Gasteiger partial charge >= 0.3 is 0 Å². The summed E-state index contributed by atoms with van der Waals surface area (Å²) in [5.74, 6) is 0. The van der Waals surface area contributed by atoms with E-state index in [1.807, 2.05) is 0 Å². The smallest absolute Gasteiger partial charge is 0.0372 e. The number of aryl methyl sites for hydroxylation is 1. The van der Waals surface area contributed by atoms with Gasteiger partial charge in [0.15, 0.2) is 0 Å². The topological polar surface area (TPSA) is 33.6 Å². The van der Waals surface area contributed by atoms with Crippen LogP contribution in [0.15, 0.2) is 0 Å². The summed E-state index contributed by atoms with van der Waals surface area (Å²) in [5.41, 5.74) is 0. The predicted octanol–water partition coefficient (Wildman–Crippen LogP) is 0.275. The van der Waals surface area contributed by atoms with Gasteiger partial charge in [-0.15, -0.1) is 0 Å². The summed E-state index contributed by atoms with van der Waals surface area (Å²) >= 11 is 4.70. The fourth-order valence-electron chi connectivity index (χ4n) is 0.268. The van der Waals surface area contributed by atoms with E-state index in [2.05, 4.69) is 16.5 Å². The number of hydrogen-bond donors (Lipinski definition) is 1. The molecule has 0 saturated heterocycles. The van der Waals surface area contributed by atoms with Crippen LogP contribution in [-0.4, -0.2) is 14.8 Å². The first kappa shape index (κ1) is 8.02. The zero-order chi connectivity index (χ0) is 5.28. The molecule has 0 bridgehead atoms. The minimum Gasteiger partial charge on any atom is -0.473 e. The maximum atomic E-state index is 4.70. The Kier molecular flexibility index (Phi) is 3.14. The van der Waals surface area contributed by atoms with Crippen LogP contribution in [0.1, 0.15) is 0 Å². The summed E-state index contributed by atoms with van der Waals surface area (Å²) in [6.07, 6.45) is 2.58. The Labute approximate surface area is 65.8 Å². The Balaban J connectivity index is 0.000000490. The number of rotatable bonds is 0. The summed E-state index contributed by atoms with van der Waals surface area (Å²) in [6.45, 7) is 0. The van der Waals surface area contributed by atoms with Crippen LogP contribution in [0.25, 0.3) is 0 Å². The van der Waals surface area contributed by atoms with Crippen LogP contribution >= 0.6 is 12.2 Å². The molecule has 0 fully saturated rings. The van der Waals surface area contributed by atoms with Crippen molar-refractivity contribution < 1.29 is 20.4 Å². The zero-order valence-corrected chi connectivity index (χ0v) is 7.71. The van der Waals surface area contributed by atoms with Crippen LogP contribution in [0.4, 0.5) is 0 Å². The maximum Gasteiger partial charge on any atom is 0.0372 e. The quantitative estimate of drug-likeness (QED) is 0.551. The summed E-state index contributed by atoms with van der Waals surface area (Å²) in [6, 6.07) is 0. The number of nitrogens with one attached hydrogen (secondary N) is 1. The van der Waals surface area contributed by atoms with Crippen molar-refractivity contribution in [3.05, 3.63) is 11.1 Å². The first-order chi connectivity index (χ1) is 3.30. The van der Waals surface area contributed by atoms with Crippen LogP contribution in [0.3, 0.4) is 0 Å². The molecule has 0 atom stereocenters. The molecule has 1 heterocycles. The van der Waals surface area contributed by atoms with Crippen molar-refractivity contribution in [3.8, 4) is 0 Å². The van der Waals surface area contributed by atoms with Gasteiger partial charge in [0.2, 0.25) is 0 Å². The number of H-pyrrole nitrogens is 1. The van der Waals surface area contributed by atoms with Gasteiger partial charge in [-0.1, -0.05) is 0 Å². The number of aromatic nitrogens is 3. The van der Waals surface area contributed by atoms with E-state index < -0.39 is 0 Å². The zero-order valence-electron chi connectivity index (χ0n) is 4.18. The Morgan fingerprint density at radius 1 is 1.88 bits per heavy atom. The standard InChI is InChI=1S/C3H4N3S.Re/c1-6-2-4-5-3(6)7;/h1H3,(H,5,7);/q-1;. The van der Waals surface area contributed by atoms with Crippen molar-refractivity contribution in [1.29, 1.82) is 0 Å². The Hall–Kier alpha value is 0.0223. The summed E-state index contributed by atoms with van der Waals surface area (Å²) in [4.78, 5) is 0. The van der Waals surface area contributed by atoms with Gasteiger partial charge in [0, 0.05) is 25.2 Å². The second-order valence-electron chi connectivity index (χ2n) is 1.19. The first-order valence-corrected chi connectivity index (χ1v) is 2.20. The molecule has 3 nitrogen and oxygen atoms in total. The second-order valence-corrected chi connectivity index (χ2v) is 1.57. The van der Waals surface area contributed by atoms with E-state index in [1.165, 1.54) is 0 Å². The third-order valence-corrected chi connectivity index (χ3v) is 1.02. The van der Waals surface area contributed by atoms with Crippen molar-refractivity contribution in [1.82, 2.24) is 14.8 Å². The molecular formula is C3H4N3ReS-. The van der Waals surface area contributed by atoms with Crippen molar-refractivity contribution in [2.24, 2.45) is 7.05 Å². The SMILES string of the molecule is Cn1[c-]n[nH]c1=S.[Re]. The van der Waals surface area contributed by atoms with E-state index in [0.29, 0.717) is 4.77 Å². The molecule has 0 aliphatic rings. The molecule has 1 rings (SSSR count). The molecule has 8 heavy (non-hydrogen) atoms. The first-order valence-electron chi connectivity index (χ1n) is 1.80. The van der Waals surface area contributed by atoms with Gasteiger partial charge in [-0.05, 0) is 13.4 Å². The van der Waals surface area contributed by atoms with E-state index in [9.17, 15) is 0 Å². The van der Waals surface area contributed by atoms with E-state index >= 15 is 0 Å². The van der Waals surface area contributed by atoms with Crippen LogP contribution in [-0.2, 0) is 27.5 Å². The van der Waals surface area contributed by atoms with E-state index in [4.69, 9.17) is 12.2 Å². The maximum absolute atomic E-state index is 4.70. The van der Waals surface area contributed by atoms with Gasteiger partial charge < -0.3 is 9.67 Å². The summed E-state index contributed by atoms with van der Waals surface area (Å²) < 4.78 is 2.20. The molecule has 0 aromatic carbocycles. The van der Waals surface area contributed by atoms with Gasteiger partial charge in [0.1, 0.15) is 0 Å². The number of hydrogen-bond acceptors (Lipinski definition) is 2. The molecule has 0 spiro atoms. The molecule has 1 aromatic rings. The van der Waals surface area contributed by atoms with E-state index in [1.54, 1.807) is 11.6 Å². The molecule has 1 N–H and O–H groups in total. The van der Waals surface area contributed by atoms with E-state index in [0.717, 1.165) is 0 Å². The molecule has 1 radical (unpaired) electrons. The fraction of sp³-hybridized carbons (Fsp3) is 0.333. The molecule has 0 unspecified atom stereocenters. The number of aromatic amines is 1. The molecule has 45 valence electrons. The van der Waals surface area contributed by atoms with E-state index in [-0.39, 0.29) is 20.4 Å². The van der Waals surface area contributed by atoms with Gasteiger partial charge in [-0.25, -0.2) is 0 Å². The molecular weight excluding hydrogens is 296 g/mol. The Morgan fingerprint density at radius 3 is 2.62 bits per heavy atom. The molecule has 5 heteroatoms. The monoisotopic (exact) mass is 301 g/mol. The van der Waals surface area contributed by atoms with Crippen molar-refractivity contribution in [3.63, 3.8) is 0 Å². The molecule has 0 aliphatic carbocycles. The average Bonchev–Trinajstić information content (AvgIpc) is 1.91. The average molecular weight is 300 g/mol. The minimum absolute atomic E-state index is 0. The fourth-order valence-corrected chi connectivity index (χ4v) is 0.355. The molecule has 0 aliphatic heterocycles. The molecule has 0 saturated carbocycles. The third-order valence-electron chi connectivity index (χ3n) is 0.656. The normalized spacial score (nSPS) is 8.12. The van der Waals surface area contributed by atoms with Crippen molar-refractivity contribution in [2.75, 3.05) is 0 Å². The largest absolute Gasteiger partial charge is 0.473 e. The van der Waals surface area contributed by atoms with Crippen LogP contribution < -0.4 is 0 Å². The molecule has 0 amide bonds. The van der Waals surface area contributed by atoms with Gasteiger partial charge in [0.25, 0.3) is 0 Å². The molecule has 1 aromatic heterocycles. The van der Waals surface area contributed by atoms with Crippen LogP contribution in [0.2, 0.25) is 0 Å². The Bertz CT molecular complexity index is 202. The second kappa shape index (κ2) is 3.13. The third kappa shape index (κ3) is 1.51. The van der Waals surface area contributed by atoms with Crippen LogP contribution in [0.5, 0.6) is 0 Å². The predicted molar refractivity (Wildman–Crippen MR) is 27.2 cm³/mol. The Morgan fingerprint density at radius 2 is 2.50 bits per heavy atom. The summed E-state index contributed by atoms with van der Waals surface area (Å²) in [5, 5.41) is 6.07. The van der Waals surface area contributed by atoms with Gasteiger partial charge in [0.05, 0.1) is 0 Å². The number of nitrogens with zero attached hydrogens (tertiary/aromatic N) is 2.